The van der Waals surface area contributed by atoms with Crippen LogP contribution < -0.4 is 10.6 Å². The molecule has 2 N–H and O–H groups in total. The van der Waals surface area contributed by atoms with Crippen LogP contribution in [-0.2, 0) is 14.3 Å². The Labute approximate surface area is 149 Å². The highest BCUT2D eigenvalue weighted by molar-refractivity contribution is 14.0. The fourth-order valence-electron chi connectivity index (χ4n) is 2.80. The summed E-state index contributed by atoms with van der Waals surface area (Å²) < 4.78 is 11.1. The first-order chi connectivity index (χ1) is 9.87. The molecule has 6 nitrogen and oxygen atoms in total. The Bertz CT molecular complexity index is 409. The number of rotatable bonds is 4. The van der Waals surface area contributed by atoms with E-state index >= 15 is 0 Å². The highest BCUT2D eigenvalue weighted by Crippen LogP contribution is 2.34. The third-order valence-corrected chi connectivity index (χ3v) is 3.56. The van der Waals surface area contributed by atoms with Crippen molar-refractivity contribution >= 4 is 35.9 Å². The topological polar surface area (TPSA) is 72.0 Å². The smallest absolute Gasteiger partial charge is 0.328 e. The second-order valence-electron chi connectivity index (χ2n) is 6.64. The molecule has 0 saturated carbocycles. The summed E-state index contributed by atoms with van der Waals surface area (Å²) in [6, 6.07) is 0.292. The molecule has 2 saturated heterocycles. The number of halogens is 1. The van der Waals surface area contributed by atoms with E-state index in [2.05, 4.69) is 15.6 Å². The van der Waals surface area contributed by atoms with Crippen molar-refractivity contribution in [3.63, 3.8) is 0 Å². The standard InChI is InChI=1S/C15H27N3O3.HI/c1-5-16-14(17-9-13(19)21-15(2,3)4)18-11-8-10-6-7-12(11)20-10;/h10-12H,5-9H2,1-4H3,(H2,16,17,18);1H. The van der Waals surface area contributed by atoms with Crippen LogP contribution in [0, 0.1) is 0 Å². The Balaban J connectivity index is 0.00000242. The maximum atomic E-state index is 11.7. The molecule has 0 aromatic carbocycles. The second kappa shape index (κ2) is 8.33. The Morgan fingerprint density at radius 2 is 2.09 bits per heavy atom. The van der Waals surface area contributed by atoms with Gasteiger partial charge in [-0.05, 0) is 47.0 Å². The first-order valence-corrected chi connectivity index (χ1v) is 7.79. The minimum atomic E-state index is -0.475. The molecule has 0 aromatic heterocycles. The van der Waals surface area contributed by atoms with E-state index in [1.54, 1.807) is 0 Å². The van der Waals surface area contributed by atoms with Gasteiger partial charge in [-0.3, -0.25) is 4.79 Å². The minimum Gasteiger partial charge on any atom is -0.459 e. The molecule has 3 unspecified atom stereocenters. The van der Waals surface area contributed by atoms with Crippen LogP contribution in [0.15, 0.2) is 4.99 Å². The van der Waals surface area contributed by atoms with Gasteiger partial charge in [-0.1, -0.05) is 0 Å². The maximum Gasteiger partial charge on any atom is 0.328 e. The molecule has 0 aromatic rings. The zero-order valence-corrected chi connectivity index (χ0v) is 16.2. The lowest BCUT2D eigenvalue weighted by Gasteiger charge is -2.23. The van der Waals surface area contributed by atoms with Gasteiger partial charge in [-0.25, -0.2) is 4.99 Å². The van der Waals surface area contributed by atoms with E-state index in [0.29, 0.717) is 18.1 Å². The first-order valence-electron chi connectivity index (χ1n) is 7.79. The maximum absolute atomic E-state index is 11.7. The molecule has 0 amide bonds. The van der Waals surface area contributed by atoms with Gasteiger partial charge in [0.1, 0.15) is 12.1 Å². The number of guanidine groups is 1. The van der Waals surface area contributed by atoms with Gasteiger partial charge in [-0.2, -0.15) is 0 Å². The lowest BCUT2D eigenvalue weighted by molar-refractivity contribution is -0.152. The van der Waals surface area contributed by atoms with Gasteiger partial charge in [0.15, 0.2) is 5.96 Å². The molecule has 2 aliphatic heterocycles. The van der Waals surface area contributed by atoms with Gasteiger partial charge >= 0.3 is 5.97 Å². The molecule has 2 bridgehead atoms. The van der Waals surface area contributed by atoms with Gasteiger partial charge in [0, 0.05) is 6.54 Å². The molecule has 2 rings (SSSR count). The first kappa shape index (κ1) is 19.5. The Hall–Kier alpha value is -0.570. The summed E-state index contributed by atoms with van der Waals surface area (Å²) in [4.78, 5) is 16.0. The predicted octanol–water partition coefficient (Wildman–Crippen LogP) is 1.82. The molecular formula is C15H28IN3O3. The summed E-state index contributed by atoms with van der Waals surface area (Å²) in [6.45, 7) is 8.33. The molecule has 0 radical (unpaired) electrons. The number of ether oxygens (including phenoxy) is 2. The SMILES string of the molecule is CCNC(=NCC(=O)OC(C)(C)C)NC1CC2CCC1O2.I. The molecule has 7 heteroatoms. The number of carbonyl (C=O) groups excluding carboxylic acids is 1. The number of nitrogens with one attached hydrogen (secondary N) is 2. The molecule has 2 fully saturated rings. The molecule has 2 aliphatic rings. The number of nitrogens with zero attached hydrogens (tertiary/aromatic N) is 1. The van der Waals surface area contributed by atoms with Gasteiger partial charge < -0.3 is 20.1 Å². The van der Waals surface area contributed by atoms with E-state index in [9.17, 15) is 4.79 Å². The van der Waals surface area contributed by atoms with Crippen LogP contribution in [0.2, 0.25) is 0 Å². The fourth-order valence-corrected chi connectivity index (χ4v) is 2.80. The lowest BCUT2D eigenvalue weighted by Crippen LogP contribution is -2.47. The van der Waals surface area contributed by atoms with E-state index in [0.717, 1.165) is 25.8 Å². The molecule has 0 spiro atoms. The van der Waals surface area contributed by atoms with Gasteiger partial charge in [-0.15, -0.1) is 24.0 Å². The molecule has 0 aliphatic carbocycles. The van der Waals surface area contributed by atoms with Crippen molar-refractivity contribution in [2.45, 2.75) is 70.8 Å². The number of esters is 1. The number of carbonyl (C=O) groups is 1. The number of aliphatic imine (C=N–C) groups is 1. The van der Waals surface area contributed by atoms with E-state index in [1.807, 2.05) is 27.7 Å². The zero-order valence-electron chi connectivity index (χ0n) is 13.8. The molecular weight excluding hydrogens is 397 g/mol. The van der Waals surface area contributed by atoms with Gasteiger partial charge in [0.25, 0.3) is 0 Å². The van der Waals surface area contributed by atoms with Crippen molar-refractivity contribution < 1.29 is 14.3 Å². The van der Waals surface area contributed by atoms with E-state index in [4.69, 9.17) is 9.47 Å². The normalized spacial score (nSPS) is 27.3. The second-order valence-corrected chi connectivity index (χ2v) is 6.64. The van der Waals surface area contributed by atoms with Crippen molar-refractivity contribution in [2.24, 2.45) is 4.99 Å². The van der Waals surface area contributed by atoms with Crippen LogP contribution >= 0.6 is 24.0 Å². The van der Waals surface area contributed by atoms with Gasteiger partial charge in [0.05, 0.1) is 18.2 Å². The van der Waals surface area contributed by atoms with Gasteiger partial charge in [0.2, 0.25) is 0 Å². The predicted molar refractivity (Wildman–Crippen MR) is 96.7 cm³/mol. The molecule has 22 heavy (non-hydrogen) atoms. The highest BCUT2D eigenvalue weighted by atomic mass is 127. The van der Waals surface area contributed by atoms with E-state index in [1.165, 1.54) is 0 Å². The summed E-state index contributed by atoms with van der Waals surface area (Å²) in [5.41, 5.74) is -0.475. The minimum absolute atomic E-state index is 0. The molecule has 128 valence electrons. The Morgan fingerprint density at radius 3 is 2.59 bits per heavy atom. The van der Waals surface area contributed by atoms with Crippen molar-refractivity contribution in [1.82, 2.24) is 10.6 Å². The number of hydrogen-bond acceptors (Lipinski definition) is 4. The van der Waals surface area contributed by atoms with Crippen LogP contribution in [0.5, 0.6) is 0 Å². The van der Waals surface area contributed by atoms with Crippen LogP contribution in [0.3, 0.4) is 0 Å². The largest absolute Gasteiger partial charge is 0.459 e. The summed E-state index contributed by atoms with van der Waals surface area (Å²) in [5.74, 6) is 0.341. The van der Waals surface area contributed by atoms with Crippen molar-refractivity contribution in [3.05, 3.63) is 0 Å². The summed E-state index contributed by atoms with van der Waals surface area (Å²) in [5, 5.41) is 6.54. The van der Waals surface area contributed by atoms with Crippen molar-refractivity contribution in [2.75, 3.05) is 13.1 Å². The van der Waals surface area contributed by atoms with Crippen molar-refractivity contribution in [1.29, 1.82) is 0 Å². The third kappa shape index (κ3) is 5.91. The van der Waals surface area contributed by atoms with Crippen LogP contribution in [0.4, 0.5) is 0 Å². The highest BCUT2D eigenvalue weighted by Gasteiger charge is 2.41. The lowest BCUT2D eigenvalue weighted by atomic mass is 9.96. The third-order valence-electron chi connectivity index (χ3n) is 3.56. The van der Waals surface area contributed by atoms with Crippen LogP contribution in [0.1, 0.15) is 47.0 Å². The summed E-state index contributed by atoms with van der Waals surface area (Å²) in [6.07, 6.45) is 3.95. The van der Waals surface area contributed by atoms with Crippen LogP contribution in [0.25, 0.3) is 0 Å². The fraction of sp³-hybridized carbons (Fsp3) is 0.867. The Morgan fingerprint density at radius 1 is 1.36 bits per heavy atom. The number of hydrogen-bond donors (Lipinski definition) is 2. The summed E-state index contributed by atoms with van der Waals surface area (Å²) >= 11 is 0. The number of fused-ring (bicyclic) bond motifs is 2. The average molecular weight is 425 g/mol. The van der Waals surface area contributed by atoms with Crippen LogP contribution in [-0.4, -0.2) is 48.9 Å². The summed E-state index contributed by atoms with van der Waals surface area (Å²) in [7, 11) is 0. The quantitative estimate of drug-likeness (QED) is 0.311. The molecule has 2 heterocycles. The van der Waals surface area contributed by atoms with E-state index in [-0.39, 0.29) is 42.6 Å². The van der Waals surface area contributed by atoms with E-state index < -0.39 is 5.60 Å². The average Bonchev–Trinajstić information content (AvgIpc) is 2.96. The zero-order chi connectivity index (χ0) is 15.5. The van der Waals surface area contributed by atoms with Crippen molar-refractivity contribution in [3.8, 4) is 0 Å². The Kier molecular flexibility index (Phi) is 7.37. The monoisotopic (exact) mass is 425 g/mol. The molecule has 3 atom stereocenters.